The van der Waals surface area contributed by atoms with Crippen LogP contribution in [0.4, 0.5) is 0 Å². The molecule has 0 aliphatic heterocycles. The molecule has 1 rings (SSSR count). The topological polar surface area (TPSA) is 63.6 Å². The van der Waals surface area contributed by atoms with Gasteiger partial charge in [-0.3, -0.25) is 4.79 Å². The lowest BCUT2D eigenvalue weighted by Gasteiger charge is -2.05. The fraction of sp³-hybridized carbons (Fsp3) is 0.333. The molecule has 0 heterocycles. The molecule has 86 valence electrons. The lowest BCUT2D eigenvalue weighted by atomic mass is 10.1. The fourth-order valence-corrected chi connectivity index (χ4v) is 1.29. The van der Waals surface area contributed by atoms with Gasteiger partial charge in [0.2, 0.25) is 0 Å². The number of esters is 1. The minimum atomic E-state index is -0.588. The first-order valence-corrected chi connectivity index (χ1v) is 5.13. The van der Waals surface area contributed by atoms with Crippen LogP contribution in [0.1, 0.15) is 41.0 Å². The van der Waals surface area contributed by atoms with Crippen molar-refractivity contribution in [3.05, 3.63) is 29.3 Å². The molecule has 0 saturated heterocycles. The Morgan fingerprint density at radius 2 is 2.00 bits per heavy atom. The molecule has 0 unspecified atom stereocenters. The first-order valence-electron chi connectivity index (χ1n) is 5.13. The van der Waals surface area contributed by atoms with E-state index in [4.69, 9.17) is 4.74 Å². The zero-order chi connectivity index (χ0) is 12.1. The van der Waals surface area contributed by atoms with E-state index in [9.17, 15) is 14.7 Å². The summed E-state index contributed by atoms with van der Waals surface area (Å²) >= 11 is 0. The Labute approximate surface area is 93.9 Å². The maximum absolute atomic E-state index is 11.3. The van der Waals surface area contributed by atoms with Crippen LogP contribution in [0.15, 0.2) is 18.2 Å². The average molecular weight is 222 g/mol. The summed E-state index contributed by atoms with van der Waals surface area (Å²) in [5.74, 6) is -0.890. The molecule has 1 N–H and O–H groups in total. The summed E-state index contributed by atoms with van der Waals surface area (Å²) in [6.45, 7) is 3.66. The monoisotopic (exact) mass is 222 g/mol. The Balaban J connectivity index is 3.00. The molecule has 0 aliphatic rings. The van der Waals surface area contributed by atoms with Gasteiger partial charge in [0, 0.05) is 12.0 Å². The Kier molecular flexibility index (Phi) is 4.05. The van der Waals surface area contributed by atoms with E-state index in [-0.39, 0.29) is 23.7 Å². The summed E-state index contributed by atoms with van der Waals surface area (Å²) in [4.78, 5) is 22.7. The van der Waals surface area contributed by atoms with Crippen LogP contribution in [0.2, 0.25) is 0 Å². The van der Waals surface area contributed by atoms with Crippen molar-refractivity contribution in [1.29, 1.82) is 0 Å². The number of Topliss-reactive ketones (excluding diaryl/α,β-unsaturated/α-hetero) is 1. The lowest BCUT2D eigenvalue weighted by Crippen LogP contribution is -2.06. The highest BCUT2D eigenvalue weighted by Crippen LogP contribution is 2.20. The largest absolute Gasteiger partial charge is 0.507 e. The molecule has 1 aromatic rings. The van der Waals surface area contributed by atoms with Crippen molar-refractivity contribution in [3.63, 3.8) is 0 Å². The van der Waals surface area contributed by atoms with Gasteiger partial charge in [0.1, 0.15) is 11.3 Å². The highest BCUT2D eigenvalue weighted by atomic mass is 16.5. The SMILES string of the molecule is CCOC(=O)c1ccc(C(=O)CC)cc1O. The van der Waals surface area contributed by atoms with Crippen LogP contribution in [0, 0.1) is 0 Å². The zero-order valence-corrected chi connectivity index (χ0v) is 9.32. The average Bonchev–Trinajstić information content (AvgIpc) is 2.28. The van der Waals surface area contributed by atoms with Crippen LogP contribution in [0.25, 0.3) is 0 Å². The number of ether oxygens (including phenoxy) is 1. The maximum atomic E-state index is 11.3. The second-order valence-electron chi connectivity index (χ2n) is 3.23. The molecule has 0 radical (unpaired) electrons. The number of rotatable bonds is 4. The quantitative estimate of drug-likeness (QED) is 0.626. The third-order valence-electron chi connectivity index (χ3n) is 2.14. The predicted molar refractivity (Wildman–Crippen MR) is 58.7 cm³/mol. The standard InChI is InChI=1S/C12H14O4/c1-3-10(13)8-5-6-9(11(14)7-8)12(15)16-4-2/h5-7,14H,3-4H2,1-2H3. The van der Waals surface area contributed by atoms with Gasteiger partial charge in [0.15, 0.2) is 5.78 Å². The van der Waals surface area contributed by atoms with Crippen molar-refractivity contribution in [3.8, 4) is 5.75 Å². The van der Waals surface area contributed by atoms with Crippen molar-refractivity contribution < 1.29 is 19.4 Å². The molecule has 1 aromatic carbocycles. The van der Waals surface area contributed by atoms with E-state index in [0.29, 0.717) is 12.0 Å². The van der Waals surface area contributed by atoms with Gasteiger partial charge in [-0.1, -0.05) is 13.0 Å². The molecule has 0 fully saturated rings. The Morgan fingerprint density at radius 1 is 1.31 bits per heavy atom. The van der Waals surface area contributed by atoms with Gasteiger partial charge in [0.25, 0.3) is 0 Å². The van der Waals surface area contributed by atoms with Crippen LogP contribution in [-0.4, -0.2) is 23.5 Å². The molecule has 0 bridgehead atoms. The number of phenolic OH excluding ortho intramolecular Hbond substituents is 1. The van der Waals surface area contributed by atoms with E-state index in [2.05, 4.69) is 0 Å². The van der Waals surface area contributed by atoms with Crippen molar-refractivity contribution >= 4 is 11.8 Å². The molecular weight excluding hydrogens is 208 g/mol. The van der Waals surface area contributed by atoms with E-state index >= 15 is 0 Å². The summed E-state index contributed by atoms with van der Waals surface area (Å²) in [5.41, 5.74) is 0.475. The minimum Gasteiger partial charge on any atom is -0.507 e. The molecule has 16 heavy (non-hydrogen) atoms. The van der Waals surface area contributed by atoms with Crippen molar-refractivity contribution in [2.24, 2.45) is 0 Å². The van der Waals surface area contributed by atoms with E-state index in [1.54, 1.807) is 13.8 Å². The van der Waals surface area contributed by atoms with E-state index in [0.717, 1.165) is 0 Å². The number of benzene rings is 1. The van der Waals surface area contributed by atoms with Gasteiger partial charge in [-0.2, -0.15) is 0 Å². The van der Waals surface area contributed by atoms with Gasteiger partial charge in [-0.15, -0.1) is 0 Å². The Bertz CT molecular complexity index is 409. The molecule has 0 saturated carbocycles. The van der Waals surface area contributed by atoms with Crippen molar-refractivity contribution in [1.82, 2.24) is 0 Å². The first kappa shape index (κ1) is 12.2. The molecule has 0 amide bonds. The second kappa shape index (κ2) is 5.30. The number of carbonyl (C=O) groups excluding carboxylic acids is 2. The summed E-state index contributed by atoms with van der Waals surface area (Å²) in [7, 11) is 0. The highest BCUT2D eigenvalue weighted by Gasteiger charge is 2.14. The molecule has 0 aromatic heterocycles. The number of phenols is 1. The van der Waals surface area contributed by atoms with Gasteiger partial charge >= 0.3 is 5.97 Å². The third-order valence-corrected chi connectivity index (χ3v) is 2.14. The predicted octanol–water partition coefficient (Wildman–Crippen LogP) is 2.16. The van der Waals surface area contributed by atoms with Gasteiger partial charge in [-0.05, 0) is 19.1 Å². The van der Waals surface area contributed by atoms with Crippen LogP contribution >= 0.6 is 0 Å². The molecule has 0 spiro atoms. The van der Waals surface area contributed by atoms with E-state index in [1.165, 1.54) is 18.2 Å². The van der Waals surface area contributed by atoms with E-state index < -0.39 is 5.97 Å². The minimum absolute atomic E-state index is 0.0780. The van der Waals surface area contributed by atoms with Gasteiger partial charge < -0.3 is 9.84 Å². The molecule has 4 nitrogen and oxygen atoms in total. The maximum Gasteiger partial charge on any atom is 0.341 e. The molecule has 4 heteroatoms. The van der Waals surface area contributed by atoms with Gasteiger partial charge in [0.05, 0.1) is 6.61 Å². The summed E-state index contributed by atoms with van der Waals surface area (Å²) in [5, 5.41) is 9.58. The van der Waals surface area contributed by atoms with Gasteiger partial charge in [-0.25, -0.2) is 4.79 Å². The number of hydrogen-bond acceptors (Lipinski definition) is 4. The second-order valence-corrected chi connectivity index (χ2v) is 3.23. The first-order chi connectivity index (χ1) is 7.60. The smallest absolute Gasteiger partial charge is 0.341 e. The fourth-order valence-electron chi connectivity index (χ4n) is 1.29. The lowest BCUT2D eigenvalue weighted by molar-refractivity contribution is 0.0522. The van der Waals surface area contributed by atoms with Crippen molar-refractivity contribution in [2.75, 3.05) is 6.61 Å². The molecule has 0 atom stereocenters. The zero-order valence-electron chi connectivity index (χ0n) is 9.32. The number of aromatic hydroxyl groups is 1. The van der Waals surface area contributed by atoms with Crippen LogP contribution < -0.4 is 0 Å². The summed E-state index contributed by atoms with van der Waals surface area (Å²) in [6.07, 6.45) is 0.359. The normalized spacial score (nSPS) is 9.88. The summed E-state index contributed by atoms with van der Waals surface area (Å²) in [6, 6.07) is 4.20. The van der Waals surface area contributed by atoms with Crippen LogP contribution in [-0.2, 0) is 4.74 Å². The number of ketones is 1. The van der Waals surface area contributed by atoms with E-state index in [1.807, 2.05) is 0 Å². The Hall–Kier alpha value is -1.84. The summed E-state index contributed by atoms with van der Waals surface area (Å²) < 4.78 is 4.75. The van der Waals surface area contributed by atoms with Crippen molar-refractivity contribution in [2.45, 2.75) is 20.3 Å². The number of carbonyl (C=O) groups is 2. The third kappa shape index (κ3) is 2.59. The Morgan fingerprint density at radius 3 is 2.50 bits per heavy atom. The van der Waals surface area contributed by atoms with Crippen LogP contribution in [0.5, 0.6) is 5.75 Å². The van der Waals surface area contributed by atoms with Crippen LogP contribution in [0.3, 0.4) is 0 Å². The number of hydrogen-bond donors (Lipinski definition) is 1. The molecular formula is C12H14O4. The highest BCUT2D eigenvalue weighted by molar-refractivity contribution is 5.99. The molecule has 0 aliphatic carbocycles.